The minimum absolute atomic E-state index is 0. The summed E-state index contributed by atoms with van der Waals surface area (Å²) in [7, 11) is 0. The predicted molar refractivity (Wildman–Crippen MR) is 152 cm³/mol. The fourth-order valence-corrected chi connectivity index (χ4v) is 5.84. The van der Waals surface area contributed by atoms with Crippen LogP contribution in [0.3, 0.4) is 0 Å². The second-order valence-electron chi connectivity index (χ2n) is 13.1. The standard InChI is InChI=1S/C23H27N5.C9H13N.Pt/c1-22(2)12-6-8-14-18(25-27-20(14)22)16-10-5-11-17(24-16)19-15-9-7-13-23(3,4)21(15)28-26-19;1-9(2,3)8-4-6-10-7-5-8;/h5,10-11H,6-9,12-13H2,1-4H3;4-7H,1-3H3;/q-2;;+2. The molecule has 2 aliphatic rings. The van der Waals surface area contributed by atoms with Gasteiger partial charge in [0, 0.05) is 34.6 Å². The maximum atomic E-state index is 4.96. The second-order valence-corrected chi connectivity index (χ2v) is 13.1. The molecular weight excluding hydrogens is 663 g/mol. The number of aromatic nitrogens is 6. The molecule has 0 saturated carbocycles. The van der Waals surface area contributed by atoms with Gasteiger partial charge in [0.2, 0.25) is 0 Å². The molecule has 4 aromatic heterocycles. The van der Waals surface area contributed by atoms with Crippen molar-refractivity contribution in [2.24, 2.45) is 0 Å². The van der Waals surface area contributed by atoms with E-state index in [1.165, 1.54) is 29.5 Å². The fraction of sp³-hybridized carbons (Fsp3) is 0.500. The van der Waals surface area contributed by atoms with Crippen LogP contribution < -0.4 is 10.2 Å². The minimum atomic E-state index is 0. The topological polar surface area (TPSA) is 79.8 Å². The van der Waals surface area contributed by atoms with Gasteiger partial charge in [0.25, 0.3) is 0 Å². The normalized spacial score (nSPS) is 17.2. The maximum absolute atomic E-state index is 4.96. The molecule has 0 saturated heterocycles. The number of nitrogens with zero attached hydrogens (tertiary/aromatic N) is 6. The number of fused-ring (bicyclic) bond motifs is 2. The van der Waals surface area contributed by atoms with Crippen LogP contribution >= 0.6 is 0 Å². The SMILES string of the molecule is CC(C)(C)c1ccncc1.CC1(C)CCCc2c1n[n-]c2-c1cccc(-c2[n-]nc3c2CCCC3(C)C)n1.[Pt+2]. The summed E-state index contributed by atoms with van der Waals surface area (Å²) in [6.07, 6.45) is 10.4. The molecule has 0 fully saturated rings. The van der Waals surface area contributed by atoms with Gasteiger partial charge in [-0.15, -0.1) is 0 Å². The van der Waals surface area contributed by atoms with Crippen LogP contribution in [0.15, 0.2) is 42.7 Å². The van der Waals surface area contributed by atoms with E-state index in [1.54, 1.807) is 0 Å². The third-order valence-electron chi connectivity index (χ3n) is 8.16. The summed E-state index contributed by atoms with van der Waals surface area (Å²) < 4.78 is 0. The number of pyridine rings is 2. The summed E-state index contributed by atoms with van der Waals surface area (Å²) in [5.41, 5.74) is 10.3. The van der Waals surface area contributed by atoms with Crippen molar-refractivity contribution in [1.29, 1.82) is 0 Å². The quantitative estimate of drug-likeness (QED) is 0.231. The Morgan fingerprint density at radius 2 is 1.18 bits per heavy atom. The van der Waals surface area contributed by atoms with Gasteiger partial charge in [-0.1, -0.05) is 65.9 Å². The average molecular weight is 704 g/mol. The molecule has 0 amide bonds. The summed E-state index contributed by atoms with van der Waals surface area (Å²) >= 11 is 0. The summed E-state index contributed by atoms with van der Waals surface area (Å²) in [6.45, 7) is 15.6. The van der Waals surface area contributed by atoms with Gasteiger partial charge in [0.05, 0.1) is 11.4 Å². The Kier molecular flexibility index (Phi) is 8.38. The molecule has 0 radical (unpaired) electrons. The largest absolute Gasteiger partial charge is 2.00 e. The van der Waals surface area contributed by atoms with Crippen LogP contribution in [-0.4, -0.2) is 20.2 Å². The molecule has 6 rings (SSSR count). The van der Waals surface area contributed by atoms with E-state index in [-0.39, 0.29) is 37.3 Å². The third kappa shape index (κ3) is 5.96. The Balaban J connectivity index is 0.000000273. The summed E-state index contributed by atoms with van der Waals surface area (Å²) in [5, 5.41) is 18.2. The van der Waals surface area contributed by atoms with Crippen LogP contribution in [0.25, 0.3) is 22.8 Å². The van der Waals surface area contributed by atoms with Crippen molar-refractivity contribution in [2.75, 3.05) is 0 Å². The van der Waals surface area contributed by atoms with Crippen molar-refractivity contribution < 1.29 is 21.1 Å². The molecule has 7 heteroatoms. The van der Waals surface area contributed by atoms with Crippen molar-refractivity contribution in [3.05, 3.63) is 70.8 Å². The zero-order chi connectivity index (χ0) is 27.1. The molecule has 0 N–H and O–H groups in total. The van der Waals surface area contributed by atoms with E-state index < -0.39 is 0 Å². The smallest absolute Gasteiger partial charge is 0.573 e. The molecule has 4 heterocycles. The average Bonchev–Trinajstić information content (AvgIpc) is 3.51. The number of hydrogen-bond donors (Lipinski definition) is 0. The number of hydrogen-bond acceptors (Lipinski definition) is 4. The molecule has 4 aromatic rings. The Morgan fingerprint density at radius 1 is 0.718 bits per heavy atom. The van der Waals surface area contributed by atoms with Gasteiger partial charge >= 0.3 is 21.1 Å². The first kappa shape index (κ1) is 29.4. The molecule has 6 nitrogen and oxygen atoms in total. The van der Waals surface area contributed by atoms with Crippen LogP contribution in [0.2, 0.25) is 0 Å². The van der Waals surface area contributed by atoms with Crippen LogP contribution in [0, 0.1) is 0 Å². The van der Waals surface area contributed by atoms with Gasteiger partial charge in [-0.2, -0.15) is 0 Å². The zero-order valence-corrected chi connectivity index (χ0v) is 26.6. The van der Waals surface area contributed by atoms with Crippen molar-refractivity contribution in [3.8, 4) is 22.8 Å². The van der Waals surface area contributed by atoms with E-state index >= 15 is 0 Å². The van der Waals surface area contributed by atoms with Crippen molar-refractivity contribution >= 4 is 0 Å². The van der Waals surface area contributed by atoms with E-state index in [0.717, 1.165) is 59.8 Å². The van der Waals surface area contributed by atoms with Crippen LogP contribution in [0.5, 0.6) is 0 Å². The van der Waals surface area contributed by atoms with E-state index in [2.05, 4.69) is 92.0 Å². The molecule has 2 aliphatic carbocycles. The van der Waals surface area contributed by atoms with E-state index in [1.807, 2.05) is 24.5 Å². The van der Waals surface area contributed by atoms with Crippen LogP contribution in [0.4, 0.5) is 0 Å². The summed E-state index contributed by atoms with van der Waals surface area (Å²) in [6, 6.07) is 10.3. The van der Waals surface area contributed by atoms with Crippen molar-refractivity contribution in [1.82, 2.24) is 30.4 Å². The van der Waals surface area contributed by atoms with Crippen LogP contribution in [-0.2, 0) is 50.2 Å². The predicted octanol–water partition coefficient (Wildman–Crippen LogP) is 6.72. The van der Waals surface area contributed by atoms with Gasteiger partial charge in [-0.25, -0.2) is 0 Å². The Morgan fingerprint density at radius 3 is 1.59 bits per heavy atom. The zero-order valence-electron chi connectivity index (χ0n) is 24.3. The molecule has 0 aromatic carbocycles. The molecule has 0 spiro atoms. The minimum Gasteiger partial charge on any atom is -0.573 e. The monoisotopic (exact) mass is 703 g/mol. The van der Waals surface area contributed by atoms with Gasteiger partial charge < -0.3 is 20.4 Å². The van der Waals surface area contributed by atoms with Gasteiger partial charge in [-0.05, 0) is 84.9 Å². The first-order valence-corrected chi connectivity index (χ1v) is 13.9. The Bertz CT molecular complexity index is 1330. The van der Waals surface area contributed by atoms with Crippen LogP contribution in [0.1, 0.15) is 102 Å². The van der Waals surface area contributed by atoms with Gasteiger partial charge in [-0.3, -0.25) is 9.97 Å². The first-order valence-electron chi connectivity index (χ1n) is 13.9. The van der Waals surface area contributed by atoms with Crippen molar-refractivity contribution in [3.63, 3.8) is 0 Å². The molecule has 0 unspecified atom stereocenters. The molecule has 0 atom stereocenters. The van der Waals surface area contributed by atoms with Gasteiger partial charge in [0.15, 0.2) is 0 Å². The summed E-state index contributed by atoms with van der Waals surface area (Å²) in [5.74, 6) is 0. The van der Waals surface area contributed by atoms with Crippen molar-refractivity contribution in [2.45, 2.75) is 103 Å². The molecule has 39 heavy (non-hydrogen) atoms. The van der Waals surface area contributed by atoms with E-state index in [0.29, 0.717) is 0 Å². The third-order valence-corrected chi connectivity index (χ3v) is 8.16. The van der Waals surface area contributed by atoms with Gasteiger partial charge in [0.1, 0.15) is 0 Å². The molecular formula is C32H40N6Pt. The van der Waals surface area contributed by atoms with E-state index in [4.69, 9.17) is 4.98 Å². The molecule has 0 aliphatic heterocycles. The first-order chi connectivity index (χ1) is 18.0. The Labute approximate surface area is 247 Å². The maximum Gasteiger partial charge on any atom is 2.00 e. The molecule has 0 bridgehead atoms. The molecule has 208 valence electrons. The fourth-order valence-electron chi connectivity index (χ4n) is 5.84. The second kappa shape index (κ2) is 11.1. The van der Waals surface area contributed by atoms with E-state index in [9.17, 15) is 0 Å². The number of rotatable bonds is 2. The Hall–Kier alpha value is -2.59. The summed E-state index contributed by atoms with van der Waals surface area (Å²) in [4.78, 5) is 8.92.